The Morgan fingerprint density at radius 3 is 2.76 bits per heavy atom. The number of rotatable bonds is 7. The zero-order valence-corrected chi connectivity index (χ0v) is 14.8. The molecule has 2 aromatic rings. The van der Waals surface area contributed by atoms with Crippen LogP contribution in [0.5, 0.6) is 0 Å². The number of fused-ring (bicyclic) bond motifs is 1. The van der Waals surface area contributed by atoms with Crippen molar-refractivity contribution in [1.29, 1.82) is 0 Å². The highest BCUT2D eigenvalue weighted by Gasteiger charge is 2.14. The highest BCUT2D eigenvalue weighted by Crippen LogP contribution is 2.23. The summed E-state index contributed by atoms with van der Waals surface area (Å²) in [5, 5.41) is 11.6. The van der Waals surface area contributed by atoms with Crippen LogP contribution in [0.3, 0.4) is 0 Å². The summed E-state index contributed by atoms with van der Waals surface area (Å²) in [5.41, 5.74) is 5.18. The first-order valence-electron chi connectivity index (χ1n) is 8.43. The minimum absolute atomic E-state index is 0.0922. The normalized spacial score (nSPS) is 12.6. The average molecular weight is 355 g/mol. The molecule has 0 heterocycles. The van der Waals surface area contributed by atoms with Gasteiger partial charge >= 0.3 is 5.97 Å². The van der Waals surface area contributed by atoms with Gasteiger partial charge in [-0.2, -0.15) is 11.8 Å². The summed E-state index contributed by atoms with van der Waals surface area (Å²) in [7, 11) is 0. The molecule has 2 aromatic carbocycles. The number of nitrogens with one attached hydrogen (secondary N) is 1. The minimum atomic E-state index is -0.775. The SMILES string of the molecule is O=C(O)CCSCc1cccc(NC(=O)c2ccc3c(c2)CCC3)c1. The van der Waals surface area contributed by atoms with Crippen molar-refractivity contribution in [2.24, 2.45) is 0 Å². The molecular weight excluding hydrogens is 334 g/mol. The summed E-state index contributed by atoms with van der Waals surface area (Å²) in [6.07, 6.45) is 3.50. The van der Waals surface area contributed by atoms with Crippen LogP contribution >= 0.6 is 11.8 Å². The molecule has 1 aliphatic rings. The van der Waals surface area contributed by atoms with Gasteiger partial charge in [-0.05, 0) is 60.2 Å². The van der Waals surface area contributed by atoms with E-state index in [1.807, 2.05) is 36.4 Å². The van der Waals surface area contributed by atoms with Crippen LogP contribution in [0.2, 0.25) is 0 Å². The summed E-state index contributed by atoms with van der Waals surface area (Å²) in [5.74, 6) is 0.449. The lowest BCUT2D eigenvalue weighted by molar-refractivity contribution is -0.136. The largest absolute Gasteiger partial charge is 0.481 e. The van der Waals surface area contributed by atoms with Gasteiger partial charge in [0.1, 0.15) is 0 Å². The maximum absolute atomic E-state index is 12.5. The number of hydrogen-bond donors (Lipinski definition) is 2. The molecule has 4 nitrogen and oxygen atoms in total. The lowest BCUT2D eigenvalue weighted by Gasteiger charge is -2.09. The Morgan fingerprint density at radius 1 is 1.08 bits per heavy atom. The highest BCUT2D eigenvalue weighted by atomic mass is 32.2. The first-order valence-corrected chi connectivity index (χ1v) is 9.59. The summed E-state index contributed by atoms with van der Waals surface area (Å²) in [6.45, 7) is 0. The first-order chi connectivity index (χ1) is 12.1. The van der Waals surface area contributed by atoms with Crippen molar-refractivity contribution in [2.75, 3.05) is 11.1 Å². The topological polar surface area (TPSA) is 66.4 Å². The summed E-state index contributed by atoms with van der Waals surface area (Å²) in [4.78, 5) is 23.0. The van der Waals surface area contributed by atoms with Gasteiger partial charge in [-0.3, -0.25) is 9.59 Å². The van der Waals surface area contributed by atoms with Gasteiger partial charge in [-0.1, -0.05) is 18.2 Å². The molecule has 130 valence electrons. The number of amides is 1. The van der Waals surface area contributed by atoms with Crippen LogP contribution in [0.15, 0.2) is 42.5 Å². The van der Waals surface area contributed by atoms with Crippen LogP contribution in [0.25, 0.3) is 0 Å². The van der Waals surface area contributed by atoms with E-state index in [0.29, 0.717) is 11.3 Å². The van der Waals surface area contributed by atoms with E-state index in [0.717, 1.165) is 29.8 Å². The van der Waals surface area contributed by atoms with Crippen LogP contribution in [-0.2, 0) is 23.4 Å². The molecule has 25 heavy (non-hydrogen) atoms. The van der Waals surface area contributed by atoms with Crippen molar-refractivity contribution in [2.45, 2.75) is 31.4 Å². The molecule has 0 aliphatic heterocycles. The van der Waals surface area contributed by atoms with E-state index in [1.54, 1.807) is 11.8 Å². The van der Waals surface area contributed by atoms with Crippen LogP contribution < -0.4 is 5.32 Å². The van der Waals surface area contributed by atoms with Crippen molar-refractivity contribution in [3.8, 4) is 0 Å². The Bertz CT molecular complexity index is 788. The van der Waals surface area contributed by atoms with Gasteiger partial charge < -0.3 is 10.4 Å². The van der Waals surface area contributed by atoms with Crippen LogP contribution in [0.4, 0.5) is 5.69 Å². The van der Waals surface area contributed by atoms with E-state index in [9.17, 15) is 9.59 Å². The van der Waals surface area contributed by atoms with Gasteiger partial charge in [0, 0.05) is 22.8 Å². The Kier molecular flexibility index (Phi) is 5.76. The molecule has 0 radical (unpaired) electrons. The highest BCUT2D eigenvalue weighted by molar-refractivity contribution is 7.98. The first kappa shape index (κ1) is 17.5. The Hall–Kier alpha value is -2.27. The second-order valence-corrected chi connectivity index (χ2v) is 7.29. The third-order valence-electron chi connectivity index (χ3n) is 4.27. The second kappa shape index (κ2) is 8.21. The number of carbonyl (C=O) groups excluding carboxylic acids is 1. The van der Waals surface area contributed by atoms with Gasteiger partial charge in [0.05, 0.1) is 6.42 Å². The lowest BCUT2D eigenvalue weighted by atomic mass is 10.1. The predicted octanol–water partition coefficient (Wildman–Crippen LogP) is 4.14. The van der Waals surface area contributed by atoms with E-state index in [4.69, 9.17) is 5.11 Å². The number of aliphatic carboxylic acids is 1. The third kappa shape index (κ3) is 4.86. The van der Waals surface area contributed by atoms with E-state index in [1.165, 1.54) is 17.5 Å². The van der Waals surface area contributed by atoms with E-state index in [2.05, 4.69) is 11.4 Å². The van der Waals surface area contributed by atoms with Crippen molar-refractivity contribution >= 4 is 29.3 Å². The summed E-state index contributed by atoms with van der Waals surface area (Å²) >= 11 is 1.58. The summed E-state index contributed by atoms with van der Waals surface area (Å²) in [6, 6.07) is 13.7. The fourth-order valence-electron chi connectivity index (χ4n) is 3.00. The predicted molar refractivity (Wildman–Crippen MR) is 101 cm³/mol. The average Bonchev–Trinajstić information content (AvgIpc) is 3.06. The zero-order chi connectivity index (χ0) is 17.6. The van der Waals surface area contributed by atoms with Crippen LogP contribution in [0.1, 0.15) is 39.9 Å². The fraction of sp³-hybridized carbons (Fsp3) is 0.300. The maximum Gasteiger partial charge on any atom is 0.304 e. The quantitative estimate of drug-likeness (QED) is 0.733. The molecule has 0 unspecified atom stereocenters. The monoisotopic (exact) mass is 355 g/mol. The van der Waals surface area contributed by atoms with Crippen LogP contribution in [-0.4, -0.2) is 22.7 Å². The number of anilines is 1. The molecule has 0 aromatic heterocycles. The minimum Gasteiger partial charge on any atom is -0.481 e. The number of carboxylic acids is 1. The molecule has 0 saturated heterocycles. The maximum atomic E-state index is 12.5. The number of aryl methyl sites for hydroxylation is 2. The molecule has 2 N–H and O–H groups in total. The number of thioether (sulfide) groups is 1. The van der Waals surface area contributed by atoms with E-state index < -0.39 is 5.97 Å². The number of benzene rings is 2. The molecule has 1 amide bonds. The standard InChI is InChI=1S/C20H21NO3S/c22-19(23)9-10-25-13-14-3-1-6-18(11-14)21-20(24)17-8-7-15-4-2-5-16(15)12-17/h1,3,6-8,11-12H,2,4-5,9-10,13H2,(H,21,24)(H,22,23). The molecule has 0 atom stereocenters. The molecule has 0 spiro atoms. The second-order valence-electron chi connectivity index (χ2n) is 6.19. The Balaban J connectivity index is 1.59. The van der Waals surface area contributed by atoms with Gasteiger partial charge in [0.15, 0.2) is 0 Å². The number of carboxylic acid groups (broad SMARTS) is 1. The molecule has 0 fully saturated rings. The number of hydrogen-bond acceptors (Lipinski definition) is 3. The van der Waals surface area contributed by atoms with Gasteiger partial charge in [0.25, 0.3) is 5.91 Å². The molecule has 5 heteroatoms. The van der Waals surface area contributed by atoms with Crippen LogP contribution in [0, 0.1) is 0 Å². The van der Waals surface area contributed by atoms with E-state index >= 15 is 0 Å². The third-order valence-corrected chi connectivity index (χ3v) is 5.30. The Labute approximate surface area is 151 Å². The van der Waals surface area contributed by atoms with Gasteiger partial charge in [0.2, 0.25) is 0 Å². The zero-order valence-electron chi connectivity index (χ0n) is 14.0. The van der Waals surface area contributed by atoms with Crippen molar-refractivity contribution < 1.29 is 14.7 Å². The lowest BCUT2D eigenvalue weighted by Crippen LogP contribution is -2.12. The molecule has 0 bridgehead atoms. The van der Waals surface area contributed by atoms with Crippen molar-refractivity contribution in [3.63, 3.8) is 0 Å². The Morgan fingerprint density at radius 2 is 1.92 bits per heavy atom. The molecule has 1 aliphatic carbocycles. The van der Waals surface area contributed by atoms with Crippen molar-refractivity contribution in [3.05, 3.63) is 64.7 Å². The van der Waals surface area contributed by atoms with Gasteiger partial charge in [-0.15, -0.1) is 0 Å². The molecule has 0 saturated carbocycles. The summed E-state index contributed by atoms with van der Waals surface area (Å²) < 4.78 is 0. The van der Waals surface area contributed by atoms with Gasteiger partial charge in [-0.25, -0.2) is 0 Å². The smallest absolute Gasteiger partial charge is 0.304 e. The van der Waals surface area contributed by atoms with Crippen molar-refractivity contribution in [1.82, 2.24) is 0 Å². The fourth-order valence-corrected chi connectivity index (χ4v) is 3.88. The number of carbonyl (C=O) groups is 2. The molecular formula is C20H21NO3S. The van der Waals surface area contributed by atoms with E-state index in [-0.39, 0.29) is 12.3 Å². The molecule has 3 rings (SSSR count).